The maximum absolute atomic E-state index is 13.2. The number of primary sulfonamides is 1. The maximum atomic E-state index is 13.2. The predicted molar refractivity (Wildman–Crippen MR) is 44.7 cm³/mol. The second-order valence-electron chi connectivity index (χ2n) is 2.47. The van der Waals surface area contributed by atoms with Crippen molar-refractivity contribution >= 4 is 16.0 Å². The van der Waals surface area contributed by atoms with Gasteiger partial charge in [-0.3, -0.25) is 0 Å². The normalized spacial score (nSPS) is 11.3. The summed E-state index contributed by atoms with van der Waals surface area (Å²) in [6.45, 7) is 0. The summed E-state index contributed by atoms with van der Waals surface area (Å²) >= 11 is 0. The van der Waals surface area contributed by atoms with E-state index in [4.69, 9.17) is 5.11 Å². The van der Waals surface area contributed by atoms with E-state index < -0.39 is 32.3 Å². The molecule has 0 fully saturated rings. The molecule has 0 amide bonds. The number of benzene rings is 1. The van der Waals surface area contributed by atoms with Crippen LogP contribution in [0.4, 0.5) is 4.39 Å². The molecule has 1 rings (SSSR count). The first-order chi connectivity index (χ1) is 6.34. The van der Waals surface area contributed by atoms with Gasteiger partial charge in [-0.15, -0.1) is 0 Å². The zero-order chi connectivity index (χ0) is 10.9. The molecule has 0 bridgehead atoms. The molecule has 3 N–H and O–H groups in total. The molecule has 0 saturated carbocycles. The lowest BCUT2D eigenvalue weighted by Gasteiger charge is -2.02. The third kappa shape index (κ3) is 1.88. The number of aromatic carboxylic acids is 1. The van der Waals surface area contributed by atoms with Crippen LogP contribution in [-0.2, 0) is 10.0 Å². The van der Waals surface area contributed by atoms with Crippen LogP contribution >= 0.6 is 0 Å². The zero-order valence-electron chi connectivity index (χ0n) is 6.77. The highest BCUT2D eigenvalue weighted by Gasteiger charge is 2.20. The minimum Gasteiger partial charge on any atom is -0.478 e. The fourth-order valence-electron chi connectivity index (χ4n) is 0.896. The predicted octanol–water partition coefficient (Wildman–Crippen LogP) is 0.171. The van der Waals surface area contributed by atoms with Gasteiger partial charge in [0.05, 0.1) is 5.56 Å². The standard InChI is InChI=1S/C7H6FNO4S/c8-6-4(7(10)11)2-1-3-5(6)14(9,12)13/h1-3H,(H,10,11)(H2,9,12,13). The van der Waals surface area contributed by atoms with Crippen LogP contribution in [0.1, 0.15) is 10.4 Å². The van der Waals surface area contributed by atoms with Crippen LogP contribution in [0.2, 0.25) is 0 Å². The number of sulfonamides is 1. The Morgan fingerprint density at radius 1 is 1.43 bits per heavy atom. The van der Waals surface area contributed by atoms with E-state index in [9.17, 15) is 17.6 Å². The van der Waals surface area contributed by atoms with Crippen LogP contribution in [0.15, 0.2) is 23.1 Å². The van der Waals surface area contributed by atoms with Gasteiger partial charge >= 0.3 is 5.97 Å². The molecule has 5 nitrogen and oxygen atoms in total. The summed E-state index contributed by atoms with van der Waals surface area (Å²) in [5, 5.41) is 13.1. The SMILES string of the molecule is NS(=O)(=O)c1cccc(C(=O)O)c1F. The minimum atomic E-state index is -4.23. The van der Waals surface area contributed by atoms with Crippen LogP contribution in [0.3, 0.4) is 0 Å². The van der Waals surface area contributed by atoms with Crippen molar-refractivity contribution in [3.05, 3.63) is 29.6 Å². The number of carboxylic acids is 1. The molecule has 0 atom stereocenters. The van der Waals surface area contributed by atoms with E-state index in [-0.39, 0.29) is 0 Å². The van der Waals surface area contributed by atoms with Gasteiger partial charge in [0.1, 0.15) is 4.90 Å². The molecule has 0 aliphatic heterocycles. The molecule has 0 spiro atoms. The molecule has 0 heterocycles. The van der Waals surface area contributed by atoms with Gasteiger partial charge in [0.2, 0.25) is 10.0 Å². The van der Waals surface area contributed by atoms with E-state index >= 15 is 0 Å². The molecular formula is C7H6FNO4S. The van der Waals surface area contributed by atoms with Crippen molar-refractivity contribution < 1.29 is 22.7 Å². The van der Waals surface area contributed by atoms with E-state index in [1.165, 1.54) is 0 Å². The Bertz CT molecular complexity index is 482. The van der Waals surface area contributed by atoms with Crippen LogP contribution < -0.4 is 5.14 Å². The summed E-state index contributed by atoms with van der Waals surface area (Å²) in [6.07, 6.45) is 0. The molecule has 0 aliphatic rings. The van der Waals surface area contributed by atoms with Crippen molar-refractivity contribution in [3.8, 4) is 0 Å². The Hall–Kier alpha value is -1.47. The Morgan fingerprint density at radius 2 is 2.00 bits per heavy atom. The number of halogens is 1. The fourth-order valence-corrected chi connectivity index (χ4v) is 1.52. The quantitative estimate of drug-likeness (QED) is 0.740. The summed E-state index contributed by atoms with van der Waals surface area (Å²) in [7, 11) is -4.23. The van der Waals surface area contributed by atoms with E-state index in [1.54, 1.807) is 0 Å². The summed E-state index contributed by atoms with van der Waals surface area (Å²) in [6, 6.07) is 2.95. The number of hydrogen-bond donors (Lipinski definition) is 2. The molecule has 0 aromatic heterocycles. The topological polar surface area (TPSA) is 97.5 Å². The molecule has 1 aromatic rings. The van der Waals surface area contributed by atoms with Gasteiger partial charge in [0.25, 0.3) is 0 Å². The van der Waals surface area contributed by atoms with Crippen molar-refractivity contribution in [3.63, 3.8) is 0 Å². The lowest BCUT2D eigenvalue weighted by atomic mass is 10.2. The van der Waals surface area contributed by atoms with E-state index in [2.05, 4.69) is 5.14 Å². The molecule has 14 heavy (non-hydrogen) atoms. The fraction of sp³-hybridized carbons (Fsp3) is 0. The maximum Gasteiger partial charge on any atom is 0.338 e. The van der Waals surface area contributed by atoms with E-state index in [1.807, 2.05) is 0 Å². The third-order valence-electron chi connectivity index (χ3n) is 1.50. The molecule has 0 unspecified atom stereocenters. The summed E-state index contributed by atoms with van der Waals surface area (Å²) in [4.78, 5) is 9.60. The van der Waals surface area contributed by atoms with Crippen molar-refractivity contribution in [2.75, 3.05) is 0 Å². The molecule has 0 aliphatic carbocycles. The second kappa shape index (κ2) is 3.35. The number of carboxylic acid groups (broad SMARTS) is 1. The van der Waals surface area contributed by atoms with Gasteiger partial charge in [0.15, 0.2) is 5.82 Å². The Morgan fingerprint density at radius 3 is 2.43 bits per heavy atom. The molecule has 7 heteroatoms. The lowest BCUT2D eigenvalue weighted by Crippen LogP contribution is -2.16. The lowest BCUT2D eigenvalue weighted by molar-refractivity contribution is 0.0691. The molecule has 76 valence electrons. The summed E-state index contributed by atoms with van der Waals surface area (Å²) < 4.78 is 34.7. The monoisotopic (exact) mass is 219 g/mol. The van der Waals surface area contributed by atoms with Crippen LogP contribution in [-0.4, -0.2) is 19.5 Å². The number of carbonyl (C=O) groups is 1. The number of hydrogen-bond acceptors (Lipinski definition) is 3. The molecule has 1 aromatic carbocycles. The van der Waals surface area contributed by atoms with E-state index in [0.29, 0.717) is 0 Å². The molecule has 0 saturated heterocycles. The molecular weight excluding hydrogens is 213 g/mol. The van der Waals surface area contributed by atoms with Crippen molar-refractivity contribution in [2.45, 2.75) is 4.90 Å². The first-order valence-electron chi connectivity index (χ1n) is 3.38. The largest absolute Gasteiger partial charge is 0.478 e. The zero-order valence-corrected chi connectivity index (χ0v) is 7.58. The Labute approximate surface area is 79.0 Å². The highest BCUT2D eigenvalue weighted by Crippen LogP contribution is 2.16. The molecule has 0 radical (unpaired) electrons. The van der Waals surface area contributed by atoms with Gasteiger partial charge in [-0.25, -0.2) is 22.7 Å². The van der Waals surface area contributed by atoms with Crippen LogP contribution in [0.5, 0.6) is 0 Å². The van der Waals surface area contributed by atoms with Crippen LogP contribution in [0.25, 0.3) is 0 Å². The highest BCUT2D eigenvalue weighted by molar-refractivity contribution is 7.89. The first kappa shape index (κ1) is 10.6. The Kier molecular flexibility index (Phi) is 2.54. The number of rotatable bonds is 2. The smallest absolute Gasteiger partial charge is 0.338 e. The Balaban J connectivity index is 3.51. The van der Waals surface area contributed by atoms with Crippen molar-refractivity contribution in [2.24, 2.45) is 5.14 Å². The second-order valence-corrected chi connectivity index (χ2v) is 4.00. The van der Waals surface area contributed by atoms with Gasteiger partial charge in [-0.2, -0.15) is 0 Å². The number of nitrogens with two attached hydrogens (primary N) is 1. The average Bonchev–Trinajstić information content (AvgIpc) is 2.01. The van der Waals surface area contributed by atoms with Crippen molar-refractivity contribution in [1.29, 1.82) is 0 Å². The van der Waals surface area contributed by atoms with Gasteiger partial charge in [0, 0.05) is 0 Å². The van der Waals surface area contributed by atoms with Gasteiger partial charge in [-0.1, -0.05) is 6.07 Å². The summed E-state index contributed by atoms with van der Waals surface area (Å²) in [5.74, 6) is -2.89. The first-order valence-corrected chi connectivity index (χ1v) is 4.93. The van der Waals surface area contributed by atoms with Gasteiger partial charge < -0.3 is 5.11 Å². The highest BCUT2D eigenvalue weighted by atomic mass is 32.2. The van der Waals surface area contributed by atoms with Crippen molar-refractivity contribution in [1.82, 2.24) is 0 Å². The van der Waals surface area contributed by atoms with Crippen LogP contribution in [0, 0.1) is 5.82 Å². The minimum absolute atomic E-state index is 0.725. The average molecular weight is 219 g/mol. The third-order valence-corrected chi connectivity index (χ3v) is 2.43. The van der Waals surface area contributed by atoms with E-state index in [0.717, 1.165) is 18.2 Å². The summed E-state index contributed by atoms with van der Waals surface area (Å²) in [5.41, 5.74) is -0.725. The van der Waals surface area contributed by atoms with Gasteiger partial charge in [-0.05, 0) is 12.1 Å².